The predicted molar refractivity (Wildman–Crippen MR) is 107 cm³/mol. The third kappa shape index (κ3) is 4.59. The Morgan fingerprint density at radius 3 is 2.68 bits per heavy atom. The lowest BCUT2D eigenvalue weighted by Gasteiger charge is -2.34. The van der Waals surface area contributed by atoms with Crippen molar-refractivity contribution in [2.45, 2.75) is 33.6 Å². The van der Waals surface area contributed by atoms with Crippen molar-refractivity contribution in [1.29, 1.82) is 0 Å². The molecule has 2 aromatic heterocycles. The number of oxime groups is 1. The van der Waals surface area contributed by atoms with Crippen LogP contribution in [-0.4, -0.2) is 58.8 Å². The van der Waals surface area contributed by atoms with Crippen LogP contribution in [-0.2, 0) is 6.42 Å². The molecule has 0 atom stereocenters. The summed E-state index contributed by atoms with van der Waals surface area (Å²) in [5, 5.41) is 4.53. The van der Waals surface area contributed by atoms with Gasteiger partial charge in [-0.25, -0.2) is 4.79 Å². The van der Waals surface area contributed by atoms with Crippen molar-refractivity contribution in [3.63, 3.8) is 0 Å². The SMILES string of the molecule is CCc1cc(=O)oc2nc(O/N=C(\CC(C)C)N3CCN(C)CC3)[nH]c(=O)c12. The summed E-state index contributed by atoms with van der Waals surface area (Å²) < 4.78 is 5.09. The molecule has 3 heterocycles. The van der Waals surface area contributed by atoms with E-state index >= 15 is 0 Å². The van der Waals surface area contributed by atoms with Gasteiger partial charge in [0.05, 0.1) is 0 Å². The zero-order valence-corrected chi connectivity index (χ0v) is 16.8. The fourth-order valence-corrected chi connectivity index (χ4v) is 3.20. The summed E-state index contributed by atoms with van der Waals surface area (Å²) in [6.07, 6.45) is 1.27. The van der Waals surface area contributed by atoms with E-state index in [1.165, 1.54) is 6.07 Å². The van der Waals surface area contributed by atoms with Gasteiger partial charge in [0.15, 0.2) is 0 Å². The van der Waals surface area contributed by atoms with Crippen molar-refractivity contribution in [1.82, 2.24) is 19.8 Å². The number of hydrogen-bond donors (Lipinski definition) is 1. The average Bonchev–Trinajstić information content (AvgIpc) is 2.64. The van der Waals surface area contributed by atoms with E-state index in [0.29, 0.717) is 17.9 Å². The van der Waals surface area contributed by atoms with Crippen LogP contribution in [0.1, 0.15) is 32.8 Å². The van der Waals surface area contributed by atoms with Gasteiger partial charge in [-0.2, -0.15) is 4.98 Å². The molecule has 3 rings (SSSR count). The van der Waals surface area contributed by atoms with Gasteiger partial charge in [-0.05, 0) is 24.9 Å². The van der Waals surface area contributed by atoms with Gasteiger partial charge in [-0.15, -0.1) is 0 Å². The first-order valence-corrected chi connectivity index (χ1v) is 9.61. The molecule has 0 aromatic carbocycles. The Labute approximate surface area is 163 Å². The van der Waals surface area contributed by atoms with E-state index in [1.807, 2.05) is 6.92 Å². The molecule has 9 nitrogen and oxygen atoms in total. The van der Waals surface area contributed by atoms with Crippen LogP contribution in [0.5, 0.6) is 6.01 Å². The second kappa shape index (κ2) is 8.55. The van der Waals surface area contributed by atoms with Crippen molar-refractivity contribution >= 4 is 16.9 Å². The van der Waals surface area contributed by atoms with E-state index in [1.54, 1.807) is 0 Å². The number of aromatic amines is 1. The fraction of sp³-hybridized carbons (Fsp3) is 0.579. The summed E-state index contributed by atoms with van der Waals surface area (Å²) in [5.41, 5.74) is -0.410. The highest BCUT2D eigenvalue weighted by atomic mass is 16.6. The zero-order chi connectivity index (χ0) is 20.3. The summed E-state index contributed by atoms with van der Waals surface area (Å²) in [6, 6.07) is 1.22. The number of aryl methyl sites for hydroxylation is 1. The molecule has 0 radical (unpaired) electrons. The Balaban J connectivity index is 1.91. The van der Waals surface area contributed by atoms with Crippen LogP contribution in [0.25, 0.3) is 11.1 Å². The maximum Gasteiger partial charge on any atom is 0.337 e. The molecule has 1 aliphatic rings. The number of amidine groups is 1. The number of fused-ring (bicyclic) bond motifs is 1. The molecule has 1 N–H and O–H groups in total. The Morgan fingerprint density at radius 1 is 1.32 bits per heavy atom. The number of nitrogens with zero attached hydrogens (tertiary/aromatic N) is 4. The van der Waals surface area contributed by atoms with Gasteiger partial charge < -0.3 is 19.1 Å². The molecule has 1 aliphatic heterocycles. The van der Waals surface area contributed by atoms with E-state index in [2.05, 4.69) is 45.8 Å². The zero-order valence-electron chi connectivity index (χ0n) is 16.8. The first kappa shape index (κ1) is 20.1. The maximum atomic E-state index is 12.4. The highest BCUT2D eigenvalue weighted by Crippen LogP contribution is 2.14. The number of aromatic nitrogens is 2. The van der Waals surface area contributed by atoms with Crippen LogP contribution in [0.15, 0.2) is 25.2 Å². The van der Waals surface area contributed by atoms with Crippen LogP contribution in [0.3, 0.4) is 0 Å². The smallest absolute Gasteiger partial charge is 0.337 e. The third-order valence-corrected chi connectivity index (χ3v) is 4.75. The number of nitrogens with one attached hydrogen (secondary N) is 1. The van der Waals surface area contributed by atoms with Gasteiger partial charge in [0.25, 0.3) is 5.56 Å². The van der Waals surface area contributed by atoms with Crippen molar-refractivity contribution in [2.75, 3.05) is 33.2 Å². The summed E-state index contributed by atoms with van der Waals surface area (Å²) in [5.74, 6) is 1.21. The molecule has 1 fully saturated rings. The van der Waals surface area contributed by atoms with Crippen LogP contribution >= 0.6 is 0 Å². The number of rotatable bonds is 5. The van der Waals surface area contributed by atoms with Crippen molar-refractivity contribution in [3.8, 4) is 6.01 Å². The van der Waals surface area contributed by atoms with Crippen LogP contribution in [0.2, 0.25) is 0 Å². The second-order valence-electron chi connectivity index (χ2n) is 7.48. The maximum absolute atomic E-state index is 12.4. The van der Waals surface area contributed by atoms with Crippen LogP contribution in [0, 0.1) is 5.92 Å². The Hall–Kier alpha value is -2.68. The van der Waals surface area contributed by atoms with E-state index < -0.39 is 11.2 Å². The predicted octanol–water partition coefficient (Wildman–Crippen LogP) is 1.42. The Bertz CT molecular complexity index is 970. The Kier molecular flexibility index (Phi) is 6.13. The summed E-state index contributed by atoms with van der Waals surface area (Å²) in [7, 11) is 2.09. The molecular formula is C19H27N5O4. The van der Waals surface area contributed by atoms with Crippen molar-refractivity contribution in [2.24, 2.45) is 11.1 Å². The fourth-order valence-electron chi connectivity index (χ4n) is 3.20. The van der Waals surface area contributed by atoms with Crippen molar-refractivity contribution < 1.29 is 9.25 Å². The van der Waals surface area contributed by atoms with Gasteiger partial charge >= 0.3 is 11.6 Å². The van der Waals surface area contributed by atoms with Gasteiger partial charge in [-0.3, -0.25) is 9.78 Å². The van der Waals surface area contributed by atoms with Gasteiger partial charge in [0, 0.05) is 38.7 Å². The molecule has 0 bridgehead atoms. The molecule has 28 heavy (non-hydrogen) atoms. The summed E-state index contributed by atoms with van der Waals surface area (Å²) in [6.45, 7) is 9.71. The molecule has 2 aromatic rings. The van der Waals surface area contributed by atoms with E-state index in [0.717, 1.165) is 38.4 Å². The summed E-state index contributed by atoms with van der Waals surface area (Å²) in [4.78, 5) is 40.8. The molecule has 1 saturated heterocycles. The topological polar surface area (TPSA) is 104 Å². The molecule has 0 saturated carbocycles. The third-order valence-electron chi connectivity index (χ3n) is 4.75. The molecule has 9 heteroatoms. The monoisotopic (exact) mass is 389 g/mol. The lowest BCUT2D eigenvalue weighted by molar-refractivity contribution is 0.204. The average molecular weight is 389 g/mol. The quantitative estimate of drug-likeness (QED) is 0.468. The largest absolute Gasteiger partial charge is 0.403 e. The number of H-pyrrole nitrogens is 1. The first-order chi connectivity index (χ1) is 13.4. The minimum absolute atomic E-state index is 0.0386. The van der Waals surface area contributed by atoms with Crippen LogP contribution < -0.4 is 16.0 Å². The van der Waals surface area contributed by atoms with E-state index in [9.17, 15) is 9.59 Å². The standard InChI is InChI=1S/C19H27N5O4/c1-5-13-11-15(25)27-18-16(13)17(26)20-19(21-18)28-22-14(10-12(2)3)24-8-6-23(4)7-9-24/h11-12H,5-10H2,1-4H3,(H,20,21,26)/b22-14+. The number of likely N-dealkylation sites (N-methyl/N-ethyl adjacent to an activating group) is 1. The van der Waals surface area contributed by atoms with E-state index in [-0.39, 0.29) is 17.1 Å². The number of piperazine rings is 1. The normalized spacial score (nSPS) is 16.2. The molecule has 0 aliphatic carbocycles. The highest BCUT2D eigenvalue weighted by molar-refractivity contribution is 5.82. The minimum Gasteiger partial charge on any atom is -0.403 e. The highest BCUT2D eigenvalue weighted by Gasteiger charge is 2.19. The molecular weight excluding hydrogens is 362 g/mol. The Morgan fingerprint density at radius 2 is 2.04 bits per heavy atom. The lowest BCUT2D eigenvalue weighted by Crippen LogP contribution is -2.47. The molecule has 152 valence electrons. The second-order valence-corrected chi connectivity index (χ2v) is 7.48. The molecule has 0 unspecified atom stereocenters. The van der Waals surface area contributed by atoms with Gasteiger partial charge in [0.2, 0.25) is 5.71 Å². The number of hydrogen-bond acceptors (Lipinski definition) is 7. The molecule has 0 spiro atoms. The first-order valence-electron chi connectivity index (χ1n) is 9.61. The lowest BCUT2D eigenvalue weighted by atomic mass is 10.1. The molecule has 0 amide bonds. The minimum atomic E-state index is -0.546. The summed E-state index contributed by atoms with van der Waals surface area (Å²) >= 11 is 0. The van der Waals surface area contributed by atoms with Gasteiger partial charge in [0.1, 0.15) is 11.2 Å². The van der Waals surface area contributed by atoms with Crippen molar-refractivity contribution in [3.05, 3.63) is 32.4 Å². The van der Waals surface area contributed by atoms with Gasteiger partial charge in [-0.1, -0.05) is 25.9 Å². The van der Waals surface area contributed by atoms with E-state index in [4.69, 9.17) is 9.25 Å². The van der Waals surface area contributed by atoms with Crippen LogP contribution in [0.4, 0.5) is 0 Å².